The van der Waals surface area contributed by atoms with Gasteiger partial charge in [-0.05, 0) is 18.6 Å². The van der Waals surface area contributed by atoms with Crippen LogP contribution < -0.4 is 10.2 Å². The summed E-state index contributed by atoms with van der Waals surface area (Å²) in [6.07, 6.45) is -0.463. The Morgan fingerprint density at radius 1 is 1.33 bits per heavy atom. The number of carbonyl (C=O) groups is 2. The van der Waals surface area contributed by atoms with Crippen molar-refractivity contribution in [1.29, 1.82) is 0 Å². The lowest BCUT2D eigenvalue weighted by Gasteiger charge is -2.12. The predicted molar refractivity (Wildman–Crippen MR) is 72.9 cm³/mol. The van der Waals surface area contributed by atoms with Crippen LogP contribution >= 0.6 is 0 Å². The van der Waals surface area contributed by atoms with Gasteiger partial charge in [0.05, 0.1) is 12.0 Å². The largest absolute Gasteiger partial charge is 0.481 e. The average Bonchev–Trinajstić information content (AvgIpc) is 2.43. The molecule has 0 aliphatic carbocycles. The van der Waals surface area contributed by atoms with E-state index >= 15 is 0 Å². The normalized spacial score (nSPS) is 13.6. The van der Waals surface area contributed by atoms with Gasteiger partial charge >= 0.3 is 11.9 Å². The maximum Gasteiger partial charge on any atom is 0.321 e. The van der Waals surface area contributed by atoms with Gasteiger partial charge < -0.3 is 10.2 Å². The van der Waals surface area contributed by atoms with E-state index in [-0.39, 0.29) is 12.8 Å². The molecule has 116 valence electrons. The third kappa shape index (κ3) is 6.00. The second-order valence-corrected chi connectivity index (χ2v) is 5.38. The van der Waals surface area contributed by atoms with E-state index < -0.39 is 29.0 Å². The highest BCUT2D eigenvalue weighted by Crippen LogP contribution is 2.09. The molecule has 9 heteroatoms. The maximum atomic E-state index is 12.0. The number of hydrogen-bond donors (Lipinski definition) is 4. The minimum atomic E-state index is -1.74. The molecule has 2 unspecified atom stereocenters. The van der Waals surface area contributed by atoms with Gasteiger partial charge in [-0.25, -0.2) is 13.8 Å². The minimum Gasteiger partial charge on any atom is -0.481 e. The van der Waals surface area contributed by atoms with Crippen molar-refractivity contribution in [3.8, 4) is 0 Å². The molecular weight excluding hydrogens is 300 g/mol. The van der Waals surface area contributed by atoms with Crippen LogP contribution in [0.2, 0.25) is 0 Å². The van der Waals surface area contributed by atoms with Crippen molar-refractivity contribution >= 4 is 28.6 Å². The summed E-state index contributed by atoms with van der Waals surface area (Å²) < 4.78 is 14.4. The molecule has 8 nitrogen and oxygen atoms in total. The van der Waals surface area contributed by atoms with Crippen molar-refractivity contribution in [2.24, 2.45) is 0 Å². The number of rotatable bonds is 9. The highest BCUT2D eigenvalue weighted by Gasteiger charge is 2.21. The molecule has 1 rings (SSSR count). The number of nitrogens with two attached hydrogens (primary N) is 1. The first-order chi connectivity index (χ1) is 9.93. The molecule has 0 heterocycles. The number of nitrogens with one attached hydrogen (secondary N) is 1. The van der Waals surface area contributed by atoms with Gasteiger partial charge in [0, 0.05) is 18.6 Å². The van der Waals surface area contributed by atoms with Crippen LogP contribution in [0.25, 0.3) is 0 Å². The molecule has 0 saturated heterocycles. The number of hydrogen-bond acceptors (Lipinski definition) is 4. The Labute approximate surface area is 123 Å². The van der Waals surface area contributed by atoms with E-state index in [0.717, 1.165) is 5.69 Å². The SMILES string of the molecule is CO[NH2+]c1ccc(S(=O)NC(CCC(=O)O)C(=O)O)cc1. The Kier molecular flexibility index (Phi) is 6.96. The second-order valence-electron chi connectivity index (χ2n) is 4.13. The van der Waals surface area contributed by atoms with E-state index in [9.17, 15) is 13.8 Å². The summed E-state index contributed by atoms with van der Waals surface area (Å²) >= 11 is 0. The summed E-state index contributed by atoms with van der Waals surface area (Å²) in [5.41, 5.74) is 2.28. The van der Waals surface area contributed by atoms with E-state index in [4.69, 9.17) is 15.1 Å². The Hall–Kier alpha value is -1.81. The number of carboxylic acid groups (broad SMARTS) is 2. The Bertz CT molecular complexity index is 519. The fourth-order valence-corrected chi connectivity index (χ4v) is 2.50. The van der Waals surface area contributed by atoms with Crippen LogP contribution in [0.1, 0.15) is 12.8 Å². The summed E-state index contributed by atoms with van der Waals surface area (Å²) in [4.78, 5) is 26.7. The van der Waals surface area contributed by atoms with Crippen molar-refractivity contribution < 1.29 is 34.3 Å². The molecule has 0 saturated carbocycles. The van der Waals surface area contributed by atoms with Gasteiger partial charge in [0.25, 0.3) is 0 Å². The molecule has 0 spiro atoms. The molecule has 0 radical (unpaired) electrons. The summed E-state index contributed by atoms with van der Waals surface area (Å²) in [7, 11) is -0.232. The van der Waals surface area contributed by atoms with E-state index in [1.807, 2.05) is 0 Å². The highest BCUT2D eigenvalue weighted by molar-refractivity contribution is 7.83. The van der Waals surface area contributed by atoms with Crippen LogP contribution in [0.4, 0.5) is 5.69 Å². The lowest BCUT2D eigenvalue weighted by Crippen LogP contribution is -2.75. The fourth-order valence-electron chi connectivity index (χ4n) is 1.50. The van der Waals surface area contributed by atoms with Crippen molar-refractivity contribution in [2.45, 2.75) is 23.8 Å². The average molecular weight is 317 g/mol. The number of aliphatic carboxylic acids is 2. The highest BCUT2D eigenvalue weighted by atomic mass is 32.2. The van der Waals surface area contributed by atoms with Crippen LogP contribution in [0.5, 0.6) is 0 Å². The fraction of sp³-hybridized carbons (Fsp3) is 0.333. The summed E-state index contributed by atoms with van der Waals surface area (Å²) in [5, 5.41) is 17.5. The molecule has 5 N–H and O–H groups in total. The van der Waals surface area contributed by atoms with E-state index in [1.54, 1.807) is 24.3 Å². The van der Waals surface area contributed by atoms with Crippen molar-refractivity contribution in [3.05, 3.63) is 24.3 Å². The Morgan fingerprint density at radius 2 is 1.95 bits per heavy atom. The van der Waals surface area contributed by atoms with Gasteiger partial charge in [0.15, 0.2) is 5.69 Å². The molecule has 0 aliphatic rings. The summed E-state index contributed by atoms with van der Waals surface area (Å²) in [6, 6.07) is 5.30. The lowest BCUT2D eigenvalue weighted by molar-refractivity contribution is -0.830. The first-order valence-electron chi connectivity index (χ1n) is 6.02. The van der Waals surface area contributed by atoms with Gasteiger partial charge in [-0.2, -0.15) is 5.48 Å². The summed E-state index contributed by atoms with van der Waals surface area (Å²) in [5.74, 6) is -2.35. The van der Waals surface area contributed by atoms with Gasteiger partial charge in [-0.1, -0.05) is 0 Å². The van der Waals surface area contributed by atoms with Crippen molar-refractivity contribution in [3.63, 3.8) is 0 Å². The monoisotopic (exact) mass is 317 g/mol. The molecule has 0 bridgehead atoms. The van der Waals surface area contributed by atoms with Crippen LogP contribution in [-0.2, 0) is 25.4 Å². The van der Waals surface area contributed by atoms with Gasteiger partial charge in [-0.3, -0.25) is 9.59 Å². The maximum absolute atomic E-state index is 12.0. The molecule has 0 fully saturated rings. The smallest absolute Gasteiger partial charge is 0.321 e. The zero-order valence-corrected chi connectivity index (χ0v) is 12.1. The third-order valence-corrected chi connectivity index (χ3v) is 3.74. The molecule has 2 atom stereocenters. The lowest BCUT2D eigenvalue weighted by atomic mass is 10.2. The van der Waals surface area contributed by atoms with E-state index in [2.05, 4.69) is 4.72 Å². The van der Waals surface area contributed by atoms with Gasteiger partial charge in [-0.15, -0.1) is 0 Å². The van der Waals surface area contributed by atoms with Crippen LogP contribution in [-0.4, -0.2) is 39.5 Å². The molecule has 1 aromatic carbocycles. The molecule has 0 aromatic heterocycles. The second kappa shape index (κ2) is 8.47. The van der Waals surface area contributed by atoms with Gasteiger partial charge in [0.2, 0.25) is 0 Å². The van der Waals surface area contributed by atoms with Crippen LogP contribution in [0.15, 0.2) is 29.2 Å². The predicted octanol–water partition coefficient (Wildman–Crippen LogP) is -0.627. The van der Waals surface area contributed by atoms with E-state index in [0.29, 0.717) is 4.90 Å². The number of carboxylic acids is 2. The molecule has 0 amide bonds. The molecule has 21 heavy (non-hydrogen) atoms. The standard InChI is InChI=1S/C12H16N2O6S/c1-20-13-8-2-4-9(5-3-8)21(19)14-10(12(17)18)6-7-11(15)16/h2-5,10,13-14H,6-7H2,1H3,(H,15,16)(H,17,18)/p+1. The molecular formula is C12H17N2O6S+. The van der Waals surface area contributed by atoms with Crippen molar-refractivity contribution in [1.82, 2.24) is 4.72 Å². The Balaban J connectivity index is 2.67. The molecule has 1 aromatic rings. The topological polar surface area (TPSA) is 130 Å². The van der Waals surface area contributed by atoms with Crippen molar-refractivity contribution in [2.75, 3.05) is 7.11 Å². The Morgan fingerprint density at radius 3 is 2.43 bits per heavy atom. The van der Waals surface area contributed by atoms with Gasteiger partial charge in [0.1, 0.15) is 17.0 Å². The third-order valence-electron chi connectivity index (χ3n) is 2.54. The molecule has 0 aliphatic heterocycles. The zero-order valence-electron chi connectivity index (χ0n) is 11.3. The minimum absolute atomic E-state index is 0.147. The number of quaternary nitrogens is 1. The van der Waals surface area contributed by atoms with E-state index in [1.165, 1.54) is 12.6 Å². The zero-order chi connectivity index (χ0) is 15.8. The van der Waals surface area contributed by atoms with Crippen LogP contribution in [0, 0.1) is 0 Å². The summed E-state index contributed by atoms with van der Waals surface area (Å²) in [6.45, 7) is 0. The first kappa shape index (κ1) is 17.2. The quantitative estimate of drug-likeness (QED) is 0.354. The van der Waals surface area contributed by atoms with Crippen LogP contribution in [0.3, 0.4) is 0 Å². The number of benzene rings is 1. The first-order valence-corrected chi connectivity index (χ1v) is 7.17.